The van der Waals surface area contributed by atoms with Gasteiger partial charge in [0.1, 0.15) is 17.5 Å². The highest BCUT2D eigenvalue weighted by atomic mass is 32.2. The molecule has 9 fully saturated rings. The summed E-state index contributed by atoms with van der Waals surface area (Å²) in [4.78, 5) is 66.2. The summed E-state index contributed by atoms with van der Waals surface area (Å²) in [6.07, 6.45) is 19.9. The first-order valence-corrected chi connectivity index (χ1v) is 52.3. The van der Waals surface area contributed by atoms with Crippen LogP contribution in [0.4, 0.5) is 26.3 Å². The molecule has 9 aliphatic rings. The number of hydrogen-bond donors (Lipinski definition) is 5. The minimum Gasteiger partial charge on any atom is -0.366 e. The number of benzene rings is 7. The van der Waals surface area contributed by atoms with Gasteiger partial charge in [0.15, 0.2) is 0 Å². The summed E-state index contributed by atoms with van der Waals surface area (Å²) in [7, 11) is -3.92. The second kappa shape index (κ2) is 40.4. The van der Waals surface area contributed by atoms with E-state index in [9.17, 15) is 54.3 Å². The van der Waals surface area contributed by atoms with Gasteiger partial charge >= 0.3 is 18.0 Å². The molecule has 6 N–H and O–H groups in total. The smallest absolute Gasteiger partial charge is 0.366 e. The van der Waals surface area contributed by atoms with Crippen LogP contribution in [0.5, 0.6) is 0 Å². The number of nitrogens with zero attached hydrogens (tertiary/aromatic N) is 10. The molecule has 0 spiro atoms. The lowest BCUT2D eigenvalue weighted by Crippen LogP contribution is -2.67. The quantitative estimate of drug-likeness (QED) is 0.0335. The molecule has 7 aromatic carbocycles. The highest BCUT2D eigenvalue weighted by Gasteiger charge is 2.75. The summed E-state index contributed by atoms with van der Waals surface area (Å²) in [5, 5.41) is 23.4. The number of aryl methyl sites for hydroxylation is 6. The Bertz CT molecular complexity index is 6180. The summed E-state index contributed by atoms with van der Waals surface area (Å²) >= 11 is 0. The van der Waals surface area contributed by atoms with Crippen molar-refractivity contribution in [2.75, 3.05) is 19.6 Å². The molecule has 0 radical (unpaired) electrons. The molecule has 6 saturated heterocycles. The minimum absolute atomic E-state index is 0.00740. The van der Waals surface area contributed by atoms with Crippen LogP contribution in [0.3, 0.4) is 0 Å². The van der Waals surface area contributed by atoms with Crippen molar-refractivity contribution in [1.29, 1.82) is 0 Å². The van der Waals surface area contributed by atoms with E-state index >= 15 is 0 Å². The first-order valence-electron chi connectivity index (χ1n) is 50.8. The lowest BCUT2D eigenvalue weighted by atomic mass is 9.65. The molecule has 138 heavy (non-hydrogen) atoms. The van der Waals surface area contributed by atoms with Gasteiger partial charge in [-0.3, -0.25) is 34.1 Å². The van der Waals surface area contributed by atoms with Crippen LogP contribution in [0.2, 0.25) is 0 Å². The molecular weight excluding hydrogens is 1770 g/mol. The number of pyridine rings is 1. The average Bonchev–Trinajstić information content (AvgIpc) is 1.02. The third-order valence-electron chi connectivity index (χ3n) is 34.1. The van der Waals surface area contributed by atoms with Gasteiger partial charge in [-0.25, -0.2) is 28.5 Å². The Morgan fingerprint density at radius 1 is 0.391 bits per heavy atom. The van der Waals surface area contributed by atoms with E-state index in [0.717, 1.165) is 178 Å². The van der Waals surface area contributed by atoms with Crippen LogP contribution in [-0.4, -0.2) is 172 Å². The zero-order valence-electron chi connectivity index (χ0n) is 80.9. The van der Waals surface area contributed by atoms with Gasteiger partial charge in [-0.2, -0.15) is 26.3 Å². The number of nitrogens with one attached hydrogen (secondary N) is 3. The summed E-state index contributed by atoms with van der Waals surface area (Å²) in [6.45, 7) is 17.1. The Hall–Kier alpha value is -10.2. The zero-order chi connectivity index (χ0) is 96.8. The molecule has 734 valence electrons. The molecule has 10 heterocycles. The minimum atomic E-state index is -6.20. The molecule has 11 aromatic rings. The summed E-state index contributed by atoms with van der Waals surface area (Å²) in [5.41, 5.74) is 9.60. The number of piperidine rings is 3. The Balaban J connectivity index is 0.000000138. The van der Waals surface area contributed by atoms with Crippen molar-refractivity contribution in [3.8, 4) is 0 Å². The van der Waals surface area contributed by atoms with Gasteiger partial charge in [-0.05, 0) is 359 Å². The summed E-state index contributed by atoms with van der Waals surface area (Å²) in [5.74, 6) is 0.674. The molecule has 20 rings (SSSR count). The standard InChI is InChI=1S/C39H49N5O3S.C38H47N5O.C34H40F6N4O2/c1-26-14-17-36(48(40,46)47)27(2)37(26)38(45)42-30-18-21-39(22-19-30,29-10-5-4-6-11-29)20-9-23-43-31-15-16-32(43)25-33(24-31)44-28(3)41-34-12-7-8-13-35(34)44;1-26-18-22-39-27(2)36(26)37(44)41-30-16-20-38(21-17-30,29-10-5-4-6-11-29)19-9-23-42-31-14-15-32(42)25-33(24-31)43-28(3)40-34-12-7-8-13-35(34)43;1-22-41-28-10-5-6-11-29(28)44(22)27-20-25-12-13-26(21-27)43(25)19-7-16-31(23-8-3-2-4-9-23)17-14-24(15-18-31)42-30(45)32(46,33(35,36)37)34(38,39)40/h4-8,10-14,17,30-33H,9,15-16,18-25H2,1-3H3,(H,42,45)(H2,40,46,47);4-8,10-13,18,22,30-33H,9,14-17,19-21,23-25H2,1-3H3,(H,41,44);2-6,8-11,24-27,46H,7,12-21H2,1H3,(H,42,45). The first kappa shape index (κ1) is 98.0. The normalized spacial score (nSPS) is 26.9. The number of sulfonamides is 1. The van der Waals surface area contributed by atoms with E-state index in [1.54, 1.807) is 19.2 Å². The highest BCUT2D eigenvalue weighted by molar-refractivity contribution is 7.89. The fraction of sp³-hybridized carbons (Fsp3) is 0.523. The van der Waals surface area contributed by atoms with Crippen LogP contribution in [0, 0.1) is 48.5 Å². The van der Waals surface area contributed by atoms with Gasteiger partial charge < -0.3 is 34.8 Å². The van der Waals surface area contributed by atoms with Crippen LogP contribution in [0.15, 0.2) is 193 Å². The number of imidazole rings is 3. The topological polar surface area (TPSA) is 244 Å². The van der Waals surface area contributed by atoms with Gasteiger partial charge in [-0.15, -0.1) is 0 Å². The number of halogens is 6. The molecule has 6 atom stereocenters. The van der Waals surface area contributed by atoms with Crippen molar-refractivity contribution in [3.05, 3.63) is 256 Å². The van der Waals surface area contributed by atoms with E-state index in [-0.39, 0.29) is 57.9 Å². The molecule has 6 unspecified atom stereocenters. The highest BCUT2D eigenvalue weighted by Crippen LogP contribution is 2.52. The Labute approximate surface area is 808 Å². The monoisotopic (exact) mass is 1910 g/mol. The number of fused-ring (bicyclic) bond motifs is 9. The second-order valence-corrected chi connectivity index (χ2v) is 43.5. The van der Waals surface area contributed by atoms with E-state index in [4.69, 9.17) is 20.1 Å². The van der Waals surface area contributed by atoms with E-state index < -0.39 is 39.9 Å². The molecule has 3 aliphatic carbocycles. The van der Waals surface area contributed by atoms with Crippen molar-refractivity contribution in [1.82, 2.24) is 64.3 Å². The van der Waals surface area contributed by atoms with Gasteiger partial charge in [0.25, 0.3) is 17.7 Å². The van der Waals surface area contributed by atoms with Crippen molar-refractivity contribution in [2.24, 2.45) is 5.14 Å². The molecule has 20 nitrogen and oxygen atoms in total. The zero-order valence-corrected chi connectivity index (χ0v) is 81.7. The Kier molecular flexibility index (Phi) is 28.7. The number of amides is 3. The average molecular weight is 1910 g/mol. The molecule has 3 amide bonds. The van der Waals surface area contributed by atoms with Crippen LogP contribution >= 0.6 is 0 Å². The van der Waals surface area contributed by atoms with E-state index in [1.807, 2.05) is 68.6 Å². The maximum atomic E-state index is 13.5. The Morgan fingerprint density at radius 3 is 1.00 bits per heavy atom. The number of hydrogen-bond acceptors (Lipinski definition) is 13. The van der Waals surface area contributed by atoms with Crippen molar-refractivity contribution >= 4 is 60.8 Å². The van der Waals surface area contributed by atoms with Gasteiger partial charge in [0.05, 0.1) is 49.3 Å². The number of aromatic nitrogens is 7. The lowest BCUT2D eigenvalue weighted by Gasteiger charge is -2.43. The summed E-state index contributed by atoms with van der Waals surface area (Å²) < 4.78 is 111. The number of aliphatic hydroxyl groups is 1. The van der Waals surface area contributed by atoms with Gasteiger partial charge in [-0.1, -0.05) is 133 Å². The van der Waals surface area contributed by atoms with Crippen LogP contribution in [0.25, 0.3) is 33.1 Å². The number of carbonyl (C=O) groups excluding carboxylic acids is 3. The number of carbonyl (C=O) groups is 3. The maximum Gasteiger partial charge on any atom is 0.435 e. The second-order valence-electron chi connectivity index (χ2n) is 42.0. The van der Waals surface area contributed by atoms with Gasteiger partial charge in [0, 0.05) is 84.3 Å². The molecular formula is C111H136F6N14O6S. The predicted molar refractivity (Wildman–Crippen MR) is 529 cm³/mol. The van der Waals surface area contributed by atoms with Gasteiger partial charge in [0.2, 0.25) is 10.0 Å². The molecule has 3 saturated carbocycles. The number of rotatable bonds is 25. The fourth-order valence-electron chi connectivity index (χ4n) is 27.3. The SMILES string of the molecule is Cc1ccc(S(N)(=O)=O)c(C)c1C(=O)NC1CCC(CCCN2C3CCC2CC(n2c(C)nc4ccccc42)C3)(c2ccccc2)CC1.Cc1ccnc(C)c1C(=O)NC1CCC(CCCN2C3CCC2CC(n2c(C)nc4ccccc42)C3)(c2ccccc2)CC1.Cc1nc2ccccc2n1C1CC2CCC(C1)N2CCCC1(c2ccccc2)CCC(NC(=O)C(O)(C(F)(F)F)C(F)(F)F)CC1. The van der Waals surface area contributed by atoms with Crippen molar-refractivity contribution < 1.29 is 54.3 Å². The number of para-hydroxylation sites is 6. The molecule has 27 heteroatoms. The predicted octanol–water partition coefficient (Wildman–Crippen LogP) is 21.6. The first-order chi connectivity index (χ1) is 66.2. The van der Waals surface area contributed by atoms with Crippen molar-refractivity contribution in [2.45, 2.75) is 353 Å². The number of alkyl halides is 6. The van der Waals surface area contributed by atoms with E-state index in [1.165, 1.54) is 104 Å². The summed E-state index contributed by atoms with van der Waals surface area (Å²) in [6, 6.07) is 67.0. The largest absolute Gasteiger partial charge is 0.435 e. The van der Waals surface area contributed by atoms with Crippen LogP contribution < -0.4 is 21.1 Å². The Morgan fingerprint density at radius 2 is 0.688 bits per heavy atom. The van der Waals surface area contributed by atoms with Crippen LogP contribution in [0.1, 0.15) is 288 Å². The lowest BCUT2D eigenvalue weighted by molar-refractivity contribution is -0.350. The third-order valence-corrected chi connectivity index (χ3v) is 35.1. The fourth-order valence-corrected chi connectivity index (χ4v) is 28.0. The van der Waals surface area contributed by atoms with Crippen LogP contribution in [-0.2, 0) is 31.1 Å². The van der Waals surface area contributed by atoms with Crippen molar-refractivity contribution in [3.63, 3.8) is 0 Å². The third kappa shape index (κ3) is 19.9. The molecule has 4 aromatic heterocycles. The number of nitrogens with two attached hydrogens (primary N) is 1. The van der Waals surface area contributed by atoms with E-state index in [2.05, 4.69) is 192 Å². The maximum absolute atomic E-state index is 13.5. The number of primary sulfonamides is 1. The molecule has 6 bridgehead atoms. The van der Waals surface area contributed by atoms with E-state index in [0.29, 0.717) is 78.3 Å². The molecule has 6 aliphatic heterocycles.